The molecule has 0 aliphatic heterocycles. The molecule has 37 heavy (non-hydrogen) atoms. The van der Waals surface area contributed by atoms with Crippen LogP contribution >= 0.6 is 0 Å². The quantitative estimate of drug-likeness (QED) is 0.270. The van der Waals surface area contributed by atoms with Gasteiger partial charge < -0.3 is 25.4 Å². The molecule has 8 nitrogen and oxygen atoms in total. The molecule has 3 amide bonds. The Morgan fingerprint density at radius 1 is 1.11 bits per heavy atom. The highest BCUT2D eigenvalue weighted by Gasteiger charge is 2.38. The van der Waals surface area contributed by atoms with Crippen molar-refractivity contribution in [2.24, 2.45) is 5.92 Å². The third-order valence-corrected chi connectivity index (χ3v) is 5.81. The standard InChI is InChI=1S/C29H45N3O5/c1-9-11-18-30-26(34)25(23-16-14-22(10-2)15-17-23)32(21(5)13-12-20(3)4)27(35)24(19-33)31-28(36)37-29(6,7)8/h2,14-17,20-21,24-25,33H,9,11-13,18-19H2,1,3-8H3,(H,30,34)(H,31,36). The van der Waals surface area contributed by atoms with Gasteiger partial charge in [-0.1, -0.05) is 45.2 Å². The van der Waals surface area contributed by atoms with Gasteiger partial charge in [-0.3, -0.25) is 9.59 Å². The van der Waals surface area contributed by atoms with Gasteiger partial charge in [0.05, 0.1) is 6.61 Å². The Labute approximate surface area is 222 Å². The van der Waals surface area contributed by atoms with Crippen molar-refractivity contribution >= 4 is 17.9 Å². The maximum Gasteiger partial charge on any atom is 0.408 e. The number of terminal acetylenes is 1. The Balaban J connectivity index is 3.50. The van der Waals surface area contributed by atoms with Crippen LogP contribution in [-0.4, -0.2) is 58.8 Å². The molecule has 0 aliphatic carbocycles. The lowest BCUT2D eigenvalue weighted by Crippen LogP contribution is -2.56. The predicted molar refractivity (Wildman–Crippen MR) is 146 cm³/mol. The lowest BCUT2D eigenvalue weighted by molar-refractivity contribution is -0.146. The zero-order chi connectivity index (χ0) is 28.2. The van der Waals surface area contributed by atoms with E-state index in [4.69, 9.17) is 11.2 Å². The summed E-state index contributed by atoms with van der Waals surface area (Å²) in [6.07, 6.45) is 7.86. The Hall–Kier alpha value is -3.05. The van der Waals surface area contributed by atoms with Crippen LogP contribution in [-0.2, 0) is 14.3 Å². The van der Waals surface area contributed by atoms with Gasteiger partial charge in [0.25, 0.3) is 0 Å². The van der Waals surface area contributed by atoms with E-state index in [1.807, 2.05) is 13.8 Å². The normalized spacial score (nSPS) is 13.7. The fourth-order valence-electron chi connectivity index (χ4n) is 3.81. The maximum atomic E-state index is 13.9. The Morgan fingerprint density at radius 2 is 1.73 bits per heavy atom. The van der Waals surface area contributed by atoms with E-state index in [2.05, 4.69) is 30.4 Å². The second kappa shape index (κ2) is 15.3. The molecule has 8 heteroatoms. The molecule has 0 saturated carbocycles. The summed E-state index contributed by atoms with van der Waals surface area (Å²) < 4.78 is 5.29. The Bertz CT molecular complexity index is 915. The van der Waals surface area contributed by atoms with E-state index < -0.39 is 36.3 Å². The zero-order valence-electron chi connectivity index (χ0n) is 23.5. The molecule has 0 aliphatic rings. The Morgan fingerprint density at radius 3 is 2.22 bits per heavy atom. The first-order chi connectivity index (χ1) is 17.3. The van der Waals surface area contributed by atoms with E-state index in [-0.39, 0.29) is 11.9 Å². The summed E-state index contributed by atoms with van der Waals surface area (Å²) in [5, 5.41) is 15.5. The number of rotatable bonds is 13. The molecule has 0 aromatic heterocycles. The van der Waals surface area contributed by atoms with Crippen molar-refractivity contribution in [2.45, 2.75) is 97.9 Å². The van der Waals surface area contributed by atoms with Gasteiger partial charge in [-0.2, -0.15) is 0 Å². The number of amides is 3. The number of carbonyl (C=O) groups is 3. The number of hydrogen-bond acceptors (Lipinski definition) is 5. The highest BCUT2D eigenvalue weighted by Crippen LogP contribution is 2.28. The van der Waals surface area contributed by atoms with Crippen LogP contribution in [0.1, 0.15) is 91.3 Å². The number of benzene rings is 1. The number of unbranched alkanes of at least 4 members (excludes halogenated alkanes) is 1. The third-order valence-electron chi connectivity index (χ3n) is 5.81. The molecule has 1 aromatic rings. The van der Waals surface area contributed by atoms with Crippen LogP contribution < -0.4 is 10.6 Å². The van der Waals surface area contributed by atoms with Gasteiger partial charge >= 0.3 is 6.09 Å². The average Bonchev–Trinajstić information content (AvgIpc) is 2.83. The van der Waals surface area contributed by atoms with E-state index in [1.165, 1.54) is 4.90 Å². The van der Waals surface area contributed by atoms with Crippen LogP contribution in [0.5, 0.6) is 0 Å². The van der Waals surface area contributed by atoms with Crippen LogP contribution in [0.25, 0.3) is 0 Å². The zero-order valence-corrected chi connectivity index (χ0v) is 23.5. The second-order valence-electron chi connectivity index (χ2n) is 10.8. The summed E-state index contributed by atoms with van der Waals surface area (Å²) >= 11 is 0. The molecule has 0 spiro atoms. The van der Waals surface area contributed by atoms with Gasteiger partial charge in [0.1, 0.15) is 17.7 Å². The number of nitrogens with one attached hydrogen (secondary N) is 2. The molecule has 3 atom stereocenters. The number of hydrogen-bond donors (Lipinski definition) is 3. The SMILES string of the molecule is C#Cc1ccc(C(C(=O)NCCCC)N(C(=O)C(CO)NC(=O)OC(C)(C)C)C(C)CCC(C)C)cc1. The molecule has 1 rings (SSSR count). The van der Waals surface area contributed by atoms with Gasteiger partial charge in [0.2, 0.25) is 11.8 Å². The molecule has 0 heterocycles. The van der Waals surface area contributed by atoms with E-state index in [0.29, 0.717) is 30.0 Å². The number of nitrogens with zero attached hydrogens (tertiary/aromatic N) is 1. The van der Waals surface area contributed by atoms with Crippen LogP contribution in [0.3, 0.4) is 0 Å². The van der Waals surface area contributed by atoms with Crippen molar-refractivity contribution < 1.29 is 24.2 Å². The topological polar surface area (TPSA) is 108 Å². The lowest BCUT2D eigenvalue weighted by Gasteiger charge is -2.38. The van der Waals surface area contributed by atoms with Crippen molar-refractivity contribution in [3.05, 3.63) is 35.4 Å². The lowest BCUT2D eigenvalue weighted by atomic mass is 9.96. The fourth-order valence-corrected chi connectivity index (χ4v) is 3.81. The molecule has 3 unspecified atom stereocenters. The summed E-state index contributed by atoms with van der Waals surface area (Å²) in [4.78, 5) is 41.4. The molecular weight excluding hydrogens is 470 g/mol. The molecule has 206 valence electrons. The van der Waals surface area contributed by atoms with Gasteiger partial charge in [0, 0.05) is 18.2 Å². The summed E-state index contributed by atoms with van der Waals surface area (Å²) in [5.41, 5.74) is 0.462. The van der Waals surface area contributed by atoms with Gasteiger partial charge in [0.15, 0.2) is 0 Å². The van der Waals surface area contributed by atoms with Crippen LogP contribution in [0.2, 0.25) is 0 Å². The van der Waals surface area contributed by atoms with E-state index in [0.717, 1.165) is 19.3 Å². The van der Waals surface area contributed by atoms with Crippen LogP contribution in [0.4, 0.5) is 4.79 Å². The molecular formula is C29H45N3O5. The third kappa shape index (κ3) is 10.8. The van der Waals surface area contributed by atoms with Crippen LogP contribution in [0.15, 0.2) is 24.3 Å². The minimum atomic E-state index is -1.28. The molecule has 0 bridgehead atoms. The average molecular weight is 516 g/mol. The van der Waals surface area contributed by atoms with Crippen molar-refractivity contribution in [1.82, 2.24) is 15.5 Å². The van der Waals surface area contributed by atoms with E-state index in [9.17, 15) is 19.5 Å². The Kier molecular flexibility index (Phi) is 13.2. The number of aliphatic hydroxyl groups is 1. The highest BCUT2D eigenvalue weighted by atomic mass is 16.6. The minimum absolute atomic E-state index is 0.333. The number of ether oxygens (including phenoxy) is 1. The molecule has 0 saturated heterocycles. The first-order valence-electron chi connectivity index (χ1n) is 13.1. The summed E-state index contributed by atoms with van der Waals surface area (Å²) in [6, 6.07) is 4.31. The van der Waals surface area contributed by atoms with Crippen molar-refractivity contribution in [1.29, 1.82) is 0 Å². The highest BCUT2D eigenvalue weighted by molar-refractivity contribution is 5.92. The van der Waals surface area contributed by atoms with E-state index in [1.54, 1.807) is 45.0 Å². The second-order valence-corrected chi connectivity index (χ2v) is 10.8. The van der Waals surface area contributed by atoms with Gasteiger partial charge in [-0.05, 0) is 70.6 Å². The summed E-state index contributed by atoms with van der Waals surface area (Å²) in [6.45, 7) is 13.0. The predicted octanol–water partition coefficient (Wildman–Crippen LogP) is 4.16. The van der Waals surface area contributed by atoms with E-state index >= 15 is 0 Å². The van der Waals surface area contributed by atoms with Crippen molar-refractivity contribution in [3.63, 3.8) is 0 Å². The number of carbonyl (C=O) groups excluding carboxylic acids is 3. The fraction of sp³-hybridized carbons (Fsp3) is 0.621. The monoisotopic (exact) mass is 515 g/mol. The smallest absolute Gasteiger partial charge is 0.408 e. The van der Waals surface area contributed by atoms with Crippen molar-refractivity contribution in [2.75, 3.05) is 13.2 Å². The summed E-state index contributed by atoms with van der Waals surface area (Å²) in [5.74, 6) is 2.05. The van der Waals surface area contributed by atoms with Crippen molar-refractivity contribution in [3.8, 4) is 12.3 Å². The molecule has 1 aromatic carbocycles. The molecule has 3 N–H and O–H groups in total. The van der Waals surface area contributed by atoms with Gasteiger partial charge in [-0.15, -0.1) is 6.42 Å². The first kappa shape index (κ1) is 32.0. The van der Waals surface area contributed by atoms with Crippen LogP contribution in [0, 0.1) is 18.3 Å². The van der Waals surface area contributed by atoms with Gasteiger partial charge in [-0.25, -0.2) is 4.79 Å². The minimum Gasteiger partial charge on any atom is -0.444 e. The number of aliphatic hydroxyl groups excluding tert-OH is 1. The number of alkyl carbamates (subject to hydrolysis) is 1. The first-order valence-corrected chi connectivity index (χ1v) is 13.1. The molecule has 0 radical (unpaired) electrons. The summed E-state index contributed by atoms with van der Waals surface area (Å²) in [7, 11) is 0. The molecule has 0 fully saturated rings. The maximum absolute atomic E-state index is 13.9. The largest absolute Gasteiger partial charge is 0.444 e.